The lowest BCUT2D eigenvalue weighted by atomic mass is 10.0. The Morgan fingerprint density at radius 2 is 1.56 bits per heavy atom. The van der Waals surface area contributed by atoms with Crippen molar-refractivity contribution in [2.75, 3.05) is 31.5 Å². The minimum absolute atomic E-state index is 0.0597. The van der Waals surface area contributed by atoms with E-state index in [0.717, 1.165) is 36.3 Å². The fourth-order valence-corrected chi connectivity index (χ4v) is 5.64. The molecule has 0 fully saturated rings. The molecule has 0 aliphatic carbocycles. The zero-order chi connectivity index (χ0) is 30.2. The number of carbonyl (C=O) groups is 2. The quantitative estimate of drug-likeness (QED) is 0.294. The van der Waals surface area contributed by atoms with Crippen LogP contribution in [0.25, 0.3) is 0 Å². The number of rotatable bonds is 13. The first-order valence-electron chi connectivity index (χ1n) is 13.2. The Labute approximate surface area is 250 Å². The summed E-state index contributed by atoms with van der Waals surface area (Å²) in [7, 11) is -1.44. The van der Waals surface area contributed by atoms with E-state index in [4.69, 9.17) is 0 Å². The lowest BCUT2D eigenvalue weighted by Gasteiger charge is -2.34. The normalized spacial score (nSPS) is 12.3. The fourth-order valence-electron chi connectivity index (χ4n) is 4.13. The molecule has 0 spiro atoms. The van der Waals surface area contributed by atoms with Crippen molar-refractivity contribution in [3.63, 3.8) is 0 Å². The number of anilines is 1. The summed E-state index contributed by atoms with van der Waals surface area (Å²) in [6.45, 7) is 3.83. The smallest absolute Gasteiger partial charge is 0.304 e. The van der Waals surface area contributed by atoms with Gasteiger partial charge in [-0.3, -0.25) is 9.59 Å². The molecule has 0 aliphatic heterocycles. The van der Waals surface area contributed by atoms with E-state index in [2.05, 4.69) is 21.2 Å². The van der Waals surface area contributed by atoms with Gasteiger partial charge in [-0.05, 0) is 53.4 Å². The third-order valence-corrected chi connectivity index (χ3v) is 8.64. The molecule has 3 aromatic carbocycles. The number of hydrogen-bond acceptors (Lipinski definition) is 4. The Hall–Kier alpha value is -3.28. The molecule has 1 N–H and O–H groups in total. The molecule has 0 aliphatic rings. The van der Waals surface area contributed by atoms with Gasteiger partial charge in [-0.1, -0.05) is 72.2 Å². The van der Waals surface area contributed by atoms with Crippen molar-refractivity contribution in [1.82, 2.24) is 14.5 Å². The number of carbonyl (C=O) groups excluding carboxylic acids is 2. The van der Waals surface area contributed by atoms with Crippen molar-refractivity contribution in [2.45, 2.75) is 32.9 Å². The second-order valence-electron chi connectivity index (χ2n) is 10.3. The number of nitrogens with zero attached hydrogens (tertiary/aromatic N) is 3. The van der Waals surface area contributed by atoms with E-state index in [9.17, 15) is 22.4 Å². The summed E-state index contributed by atoms with van der Waals surface area (Å²) >= 11 is 3.46. The first kappa shape index (κ1) is 32.2. The van der Waals surface area contributed by atoms with Crippen LogP contribution in [0.4, 0.5) is 10.1 Å². The van der Waals surface area contributed by atoms with Crippen LogP contribution in [0.2, 0.25) is 0 Å². The standard InChI is InChI=1S/C30H36BrFN4O4S/c1-22(2)19-33-30(38)28(18-23-9-6-5-7-10-23)35(20-24-11-8-12-25(31)17-24)29(37)21-36(41(39,40)34(3)4)27-15-13-26(32)14-16-27/h5-17,22,28H,18-21H2,1-4H3,(H,33,38). The lowest BCUT2D eigenvalue weighted by molar-refractivity contribution is -0.140. The van der Waals surface area contributed by atoms with Gasteiger partial charge in [0.1, 0.15) is 18.4 Å². The monoisotopic (exact) mass is 646 g/mol. The number of benzene rings is 3. The summed E-state index contributed by atoms with van der Waals surface area (Å²) < 4.78 is 43.1. The van der Waals surface area contributed by atoms with Gasteiger partial charge in [-0.2, -0.15) is 12.7 Å². The summed E-state index contributed by atoms with van der Waals surface area (Å²) in [5.74, 6) is -1.27. The molecule has 3 aromatic rings. The molecule has 11 heteroatoms. The Bertz CT molecular complexity index is 1420. The SMILES string of the molecule is CC(C)CNC(=O)C(Cc1ccccc1)N(Cc1cccc(Br)c1)C(=O)CN(c1ccc(F)cc1)S(=O)(=O)N(C)C. The molecule has 41 heavy (non-hydrogen) atoms. The van der Waals surface area contributed by atoms with E-state index in [-0.39, 0.29) is 30.5 Å². The zero-order valence-electron chi connectivity index (χ0n) is 23.6. The Kier molecular flexibility index (Phi) is 11.5. The molecular formula is C30H36BrFN4O4S. The largest absolute Gasteiger partial charge is 0.354 e. The highest BCUT2D eigenvalue weighted by Crippen LogP contribution is 2.23. The van der Waals surface area contributed by atoms with E-state index in [0.29, 0.717) is 6.54 Å². The Morgan fingerprint density at radius 3 is 2.15 bits per heavy atom. The number of nitrogens with one attached hydrogen (secondary N) is 1. The minimum atomic E-state index is -4.15. The highest BCUT2D eigenvalue weighted by Gasteiger charge is 2.34. The van der Waals surface area contributed by atoms with Crippen molar-refractivity contribution >= 4 is 43.6 Å². The average Bonchev–Trinajstić information content (AvgIpc) is 2.93. The third-order valence-electron chi connectivity index (χ3n) is 6.33. The van der Waals surface area contributed by atoms with Crippen LogP contribution in [0.5, 0.6) is 0 Å². The number of hydrogen-bond donors (Lipinski definition) is 1. The van der Waals surface area contributed by atoms with Crippen LogP contribution in [0.15, 0.2) is 83.3 Å². The predicted octanol–water partition coefficient (Wildman–Crippen LogP) is 4.61. The molecule has 0 saturated carbocycles. The minimum Gasteiger partial charge on any atom is -0.354 e. The van der Waals surface area contributed by atoms with Crippen LogP contribution in [-0.4, -0.2) is 62.7 Å². The van der Waals surface area contributed by atoms with E-state index in [1.54, 1.807) is 0 Å². The van der Waals surface area contributed by atoms with E-state index in [1.165, 1.54) is 31.1 Å². The maximum atomic E-state index is 14.2. The van der Waals surface area contributed by atoms with Gasteiger partial charge in [-0.15, -0.1) is 0 Å². The first-order valence-corrected chi connectivity index (χ1v) is 15.4. The van der Waals surface area contributed by atoms with Crippen molar-refractivity contribution in [1.29, 1.82) is 0 Å². The van der Waals surface area contributed by atoms with Crippen molar-refractivity contribution in [3.05, 3.63) is 100 Å². The van der Waals surface area contributed by atoms with Crippen LogP contribution in [-0.2, 0) is 32.8 Å². The van der Waals surface area contributed by atoms with Gasteiger partial charge in [0.15, 0.2) is 0 Å². The molecule has 1 unspecified atom stereocenters. The summed E-state index contributed by atoms with van der Waals surface area (Å²) in [5, 5.41) is 2.95. The van der Waals surface area contributed by atoms with Gasteiger partial charge in [0.2, 0.25) is 11.8 Å². The molecule has 3 rings (SSSR count). The number of halogens is 2. The maximum absolute atomic E-state index is 14.2. The van der Waals surface area contributed by atoms with E-state index < -0.39 is 34.5 Å². The second-order valence-corrected chi connectivity index (χ2v) is 13.3. The molecular weight excluding hydrogens is 611 g/mol. The first-order chi connectivity index (χ1) is 19.4. The van der Waals surface area contributed by atoms with Crippen molar-refractivity contribution < 1.29 is 22.4 Å². The van der Waals surface area contributed by atoms with Gasteiger partial charge in [0, 0.05) is 38.1 Å². The molecule has 1 atom stereocenters. The zero-order valence-corrected chi connectivity index (χ0v) is 26.0. The van der Waals surface area contributed by atoms with Crippen molar-refractivity contribution in [2.24, 2.45) is 5.92 Å². The van der Waals surface area contributed by atoms with Gasteiger partial charge >= 0.3 is 10.2 Å². The molecule has 0 radical (unpaired) electrons. The van der Waals surface area contributed by atoms with E-state index in [1.807, 2.05) is 68.4 Å². The average molecular weight is 648 g/mol. The molecule has 0 heterocycles. The van der Waals surface area contributed by atoms with Gasteiger partial charge < -0.3 is 10.2 Å². The summed E-state index contributed by atoms with van der Waals surface area (Å²) in [6.07, 6.45) is 0.224. The van der Waals surface area contributed by atoms with Crippen LogP contribution < -0.4 is 9.62 Å². The molecule has 0 aromatic heterocycles. The van der Waals surface area contributed by atoms with Crippen LogP contribution in [0, 0.1) is 11.7 Å². The molecule has 220 valence electrons. The Balaban J connectivity index is 2.08. The highest BCUT2D eigenvalue weighted by molar-refractivity contribution is 9.10. The molecule has 8 nitrogen and oxygen atoms in total. The van der Waals surface area contributed by atoms with Crippen LogP contribution in [0.3, 0.4) is 0 Å². The summed E-state index contributed by atoms with van der Waals surface area (Å²) in [4.78, 5) is 29.2. The maximum Gasteiger partial charge on any atom is 0.304 e. The van der Waals surface area contributed by atoms with E-state index >= 15 is 0 Å². The van der Waals surface area contributed by atoms with Gasteiger partial charge in [-0.25, -0.2) is 8.70 Å². The van der Waals surface area contributed by atoms with Crippen LogP contribution in [0.1, 0.15) is 25.0 Å². The van der Waals surface area contributed by atoms with Crippen LogP contribution >= 0.6 is 15.9 Å². The number of amides is 2. The summed E-state index contributed by atoms with van der Waals surface area (Å²) in [5.41, 5.74) is 1.73. The lowest BCUT2D eigenvalue weighted by Crippen LogP contribution is -2.54. The van der Waals surface area contributed by atoms with Gasteiger partial charge in [0.25, 0.3) is 0 Å². The molecule has 0 saturated heterocycles. The second kappa shape index (κ2) is 14.6. The third kappa shape index (κ3) is 9.11. The van der Waals surface area contributed by atoms with Gasteiger partial charge in [0.05, 0.1) is 5.69 Å². The molecule has 2 amide bonds. The molecule has 0 bridgehead atoms. The summed E-state index contributed by atoms with van der Waals surface area (Å²) in [6, 6.07) is 20.7. The Morgan fingerprint density at radius 1 is 0.927 bits per heavy atom. The topological polar surface area (TPSA) is 90.0 Å². The highest BCUT2D eigenvalue weighted by atomic mass is 79.9. The van der Waals surface area contributed by atoms with Crippen molar-refractivity contribution in [3.8, 4) is 0 Å². The fraction of sp³-hybridized carbons (Fsp3) is 0.333. The predicted molar refractivity (Wildman–Crippen MR) is 163 cm³/mol.